The first kappa shape index (κ1) is 20.6. The molecule has 1 aliphatic heterocycles. The molecule has 0 saturated carbocycles. The zero-order valence-corrected chi connectivity index (χ0v) is 17.8. The highest BCUT2D eigenvalue weighted by molar-refractivity contribution is 8.13. The van der Waals surface area contributed by atoms with Gasteiger partial charge in [-0.1, -0.05) is 36.0 Å². The number of sulfonamides is 1. The summed E-state index contributed by atoms with van der Waals surface area (Å²) in [5.41, 5.74) is 2.88. The van der Waals surface area contributed by atoms with Gasteiger partial charge in [0.15, 0.2) is 5.17 Å². The van der Waals surface area contributed by atoms with Gasteiger partial charge in [0, 0.05) is 32.0 Å². The van der Waals surface area contributed by atoms with E-state index in [2.05, 4.69) is 24.0 Å². The van der Waals surface area contributed by atoms with Crippen LogP contribution < -0.4 is 0 Å². The lowest BCUT2D eigenvalue weighted by atomic mass is 10.1. The quantitative estimate of drug-likeness (QED) is 0.750. The molecule has 148 valence electrons. The highest BCUT2D eigenvalue weighted by Crippen LogP contribution is 2.23. The number of rotatable bonds is 5. The van der Waals surface area contributed by atoms with Crippen molar-refractivity contribution in [2.75, 3.05) is 27.2 Å². The van der Waals surface area contributed by atoms with E-state index in [0.717, 1.165) is 10.1 Å². The van der Waals surface area contributed by atoms with Crippen molar-refractivity contribution < 1.29 is 13.2 Å². The van der Waals surface area contributed by atoms with Crippen LogP contribution in [0.4, 0.5) is 0 Å². The first-order chi connectivity index (χ1) is 13.3. The molecule has 0 radical (unpaired) electrons. The molecule has 2 aromatic carbocycles. The van der Waals surface area contributed by atoms with Gasteiger partial charge in [-0.05, 0) is 42.3 Å². The summed E-state index contributed by atoms with van der Waals surface area (Å²) in [6.45, 7) is 3.18. The minimum atomic E-state index is -3.51. The van der Waals surface area contributed by atoms with Crippen LogP contribution in [0.5, 0.6) is 0 Å². The number of carbonyl (C=O) groups excluding carboxylic acids is 1. The summed E-state index contributed by atoms with van der Waals surface area (Å²) in [5, 5.41) is 0.707. The molecule has 0 unspecified atom stereocenters. The van der Waals surface area contributed by atoms with Gasteiger partial charge in [-0.2, -0.15) is 0 Å². The number of aryl methyl sites for hydroxylation is 1. The van der Waals surface area contributed by atoms with Gasteiger partial charge in [-0.3, -0.25) is 14.7 Å². The number of amides is 1. The molecule has 0 saturated heterocycles. The molecule has 1 heterocycles. The molecule has 1 amide bonds. The van der Waals surface area contributed by atoms with Crippen LogP contribution in [0, 0.1) is 6.92 Å². The normalized spacial score (nSPS) is 14.4. The van der Waals surface area contributed by atoms with Crippen LogP contribution in [0.2, 0.25) is 0 Å². The third-order valence-electron chi connectivity index (χ3n) is 4.54. The monoisotopic (exact) mass is 417 g/mol. The average molecular weight is 418 g/mol. The van der Waals surface area contributed by atoms with Crippen LogP contribution in [0.3, 0.4) is 0 Å². The van der Waals surface area contributed by atoms with E-state index in [9.17, 15) is 13.2 Å². The second-order valence-electron chi connectivity index (χ2n) is 6.65. The Morgan fingerprint density at radius 2 is 1.82 bits per heavy atom. The van der Waals surface area contributed by atoms with E-state index in [0.29, 0.717) is 23.8 Å². The van der Waals surface area contributed by atoms with E-state index in [1.165, 1.54) is 37.4 Å². The zero-order chi connectivity index (χ0) is 20.3. The van der Waals surface area contributed by atoms with E-state index in [1.54, 1.807) is 28.8 Å². The van der Waals surface area contributed by atoms with Crippen LogP contribution in [0.25, 0.3) is 0 Å². The van der Waals surface area contributed by atoms with Crippen LogP contribution in [-0.2, 0) is 15.8 Å². The number of aliphatic imine (C=N–C) groups is 1. The standard InChI is InChI=1S/C20H23N3O3S2/c1-15-6-4-5-7-17(15)14-27-20-21-12-13-23(20)19(24)16-8-10-18(11-9-16)28(25,26)22(2)3/h4-11H,12-14H2,1-3H3. The van der Waals surface area contributed by atoms with Crippen LogP contribution in [-0.4, -0.2) is 55.9 Å². The van der Waals surface area contributed by atoms with E-state index >= 15 is 0 Å². The van der Waals surface area contributed by atoms with Crippen molar-refractivity contribution in [3.63, 3.8) is 0 Å². The highest BCUT2D eigenvalue weighted by Gasteiger charge is 2.26. The molecular weight excluding hydrogens is 394 g/mol. The van der Waals surface area contributed by atoms with Crippen molar-refractivity contribution in [1.29, 1.82) is 0 Å². The lowest BCUT2D eigenvalue weighted by Gasteiger charge is -2.18. The molecular formula is C20H23N3O3S2. The van der Waals surface area contributed by atoms with Crippen molar-refractivity contribution in [2.24, 2.45) is 4.99 Å². The topological polar surface area (TPSA) is 70.0 Å². The lowest BCUT2D eigenvalue weighted by Crippen LogP contribution is -2.33. The van der Waals surface area contributed by atoms with Gasteiger partial charge < -0.3 is 0 Å². The van der Waals surface area contributed by atoms with E-state index < -0.39 is 10.0 Å². The van der Waals surface area contributed by atoms with Crippen molar-refractivity contribution in [3.05, 3.63) is 65.2 Å². The first-order valence-corrected chi connectivity index (χ1v) is 11.3. The molecule has 8 heteroatoms. The predicted octanol–water partition coefficient (Wildman–Crippen LogP) is 2.99. The first-order valence-electron chi connectivity index (χ1n) is 8.87. The van der Waals surface area contributed by atoms with Crippen molar-refractivity contribution in [1.82, 2.24) is 9.21 Å². The van der Waals surface area contributed by atoms with Gasteiger partial charge in [-0.15, -0.1) is 0 Å². The Morgan fingerprint density at radius 1 is 1.14 bits per heavy atom. The molecule has 6 nitrogen and oxygen atoms in total. The van der Waals surface area contributed by atoms with E-state index in [1.807, 2.05) is 12.1 Å². The van der Waals surface area contributed by atoms with Gasteiger partial charge in [0.1, 0.15) is 0 Å². The van der Waals surface area contributed by atoms with Crippen LogP contribution >= 0.6 is 11.8 Å². The van der Waals surface area contributed by atoms with Crippen molar-refractivity contribution >= 4 is 32.9 Å². The third kappa shape index (κ3) is 4.29. The molecule has 3 rings (SSSR count). The van der Waals surface area contributed by atoms with Gasteiger partial charge in [0.05, 0.1) is 11.4 Å². The number of nitrogens with zero attached hydrogens (tertiary/aromatic N) is 3. The average Bonchev–Trinajstić information content (AvgIpc) is 3.15. The SMILES string of the molecule is Cc1ccccc1CSC1=NCCN1C(=O)c1ccc(S(=O)(=O)N(C)C)cc1. The summed E-state index contributed by atoms with van der Waals surface area (Å²) < 4.78 is 25.5. The fraction of sp³-hybridized carbons (Fsp3) is 0.300. The second-order valence-corrected chi connectivity index (χ2v) is 9.74. The molecule has 0 fully saturated rings. The van der Waals surface area contributed by atoms with Gasteiger partial charge in [0.2, 0.25) is 10.0 Å². The molecule has 0 aromatic heterocycles. The largest absolute Gasteiger partial charge is 0.286 e. The molecule has 0 N–H and O–H groups in total. The zero-order valence-electron chi connectivity index (χ0n) is 16.1. The Hall–Kier alpha value is -2.16. The molecule has 0 spiro atoms. The summed E-state index contributed by atoms with van der Waals surface area (Å²) in [6, 6.07) is 14.2. The number of thioether (sulfide) groups is 1. The smallest absolute Gasteiger partial charge is 0.259 e. The Labute approximate surface area is 170 Å². The summed E-state index contributed by atoms with van der Waals surface area (Å²) >= 11 is 1.55. The molecule has 1 aliphatic rings. The van der Waals surface area contributed by atoms with Crippen LogP contribution in [0.15, 0.2) is 58.4 Å². The Kier molecular flexibility index (Phi) is 6.22. The summed E-state index contributed by atoms with van der Waals surface area (Å²) in [7, 11) is -0.553. The van der Waals surface area contributed by atoms with Crippen molar-refractivity contribution in [2.45, 2.75) is 17.6 Å². The van der Waals surface area contributed by atoms with Gasteiger partial charge in [0.25, 0.3) is 5.91 Å². The molecule has 0 bridgehead atoms. The number of amidine groups is 1. The number of carbonyl (C=O) groups is 1. The maximum absolute atomic E-state index is 12.9. The predicted molar refractivity (Wildman–Crippen MR) is 113 cm³/mol. The number of hydrogen-bond donors (Lipinski definition) is 0. The number of benzene rings is 2. The minimum Gasteiger partial charge on any atom is -0.286 e. The Morgan fingerprint density at radius 3 is 2.46 bits per heavy atom. The molecule has 2 aromatic rings. The fourth-order valence-corrected chi connectivity index (χ4v) is 4.81. The second kappa shape index (κ2) is 8.46. The van der Waals surface area contributed by atoms with E-state index in [4.69, 9.17) is 0 Å². The molecule has 0 atom stereocenters. The Bertz CT molecular complexity index is 1000. The van der Waals surface area contributed by atoms with Gasteiger partial charge >= 0.3 is 0 Å². The van der Waals surface area contributed by atoms with E-state index in [-0.39, 0.29) is 10.8 Å². The third-order valence-corrected chi connectivity index (χ3v) is 7.44. The maximum Gasteiger partial charge on any atom is 0.259 e. The fourth-order valence-electron chi connectivity index (χ4n) is 2.79. The maximum atomic E-state index is 12.9. The van der Waals surface area contributed by atoms with Crippen LogP contribution in [0.1, 0.15) is 21.5 Å². The highest BCUT2D eigenvalue weighted by atomic mass is 32.2. The lowest BCUT2D eigenvalue weighted by molar-refractivity contribution is 0.0860. The summed E-state index contributed by atoms with van der Waals surface area (Å²) in [5.74, 6) is 0.581. The minimum absolute atomic E-state index is 0.165. The number of hydrogen-bond acceptors (Lipinski definition) is 5. The molecule has 0 aliphatic carbocycles. The van der Waals surface area contributed by atoms with Crippen molar-refractivity contribution in [3.8, 4) is 0 Å². The van der Waals surface area contributed by atoms with Gasteiger partial charge in [-0.25, -0.2) is 12.7 Å². The Balaban J connectivity index is 1.71. The molecule has 28 heavy (non-hydrogen) atoms. The summed E-state index contributed by atoms with van der Waals surface area (Å²) in [4.78, 5) is 19.2. The summed E-state index contributed by atoms with van der Waals surface area (Å²) in [6.07, 6.45) is 0.